The van der Waals surface area contributed by atoms with Crippen LogP contribution < -0.4 is 5.32 Å². The lowest BCUT2D eigenvalue weighted by atomic mass is 10.1. The van der Waals surface area contributed by atoms with Gasteiger partial charge in [0, 0.05) is 11.3 Å². The van der Waals surface area contributed by atoms with Gasteiger partial charge >= 0.3 is 0 Å². The summed E-state index contributed by atoms with van der Waals surface area (Å²) in [6.07, 6.45) is 1.62. The largest absolute Gasteiger partial charge is 0.338 e. The van der Waals surface area contributed by atoms with Gasteiger partial charge in [0.1, 0.15) is 5.82 Å². The van der Waals surface area contributed by atoms with Gasteiger partial charge in [-0.2, -0.15) is 0 Å². The molecule has 1 aliphatic heterocycles. The first kappa shape index (κ1) is 18.0. The Morgan fingerprint density at radius 3 is 2.52 bits per heavy atom. The number of nitrogens with zero attached hydrogens (tertiary/aromatic N) is 2. The number of halogens is 2. The van der Waals surface area contributed by atoms with Crippen molar-refractivity contribution in [3.63, 3.8) is 0 Å². The van der Waals surface area contributed by atoms with Crippen LogP contribution in [0.5, 0.6) is 0 Å². The Morgan fingerprint density at radius 1 is 1.07 bits per heavy atom. The van der Waals surface area contributed by atoms with E-state index in [1.807, 2.05) is 19.9 Å². The number of carbonyl (C=O) groups excluding carboxylic acids is 2. The lowest BCUT2D eigenvalue weighted by Gasteiger charge is -2.07. The van der Waals surface area contributed by atoms with Crippen LogP contribution in [0.15, 0.2) is 23.1 Å². The Labute approximate surface area is 168 Å². The maximum atomic E-state index is 11.7. The minimum atomic E-state index is -0.404. The summed E-state index contributed by atoms with van der Waals surface area (Å²) in [5.41, 5.74) is 4.54. The number of aromatic amines is 1. The number of hydrogen-bond donors (Lipinski definition) is 2. The number of carbonyl (C=O) groups is 2. The molecule has 0 aliphatic carbocycles. The number of amides is 2. The highest BCUT2D eigenvalue weighted by Gasteiger charge is 2.25. The van der Waals surface area contributed by atoms with E-state index >= 15 is 0 Å². The molecule has 0 radical (unpaired) electrons. The monoisotopic (exact) mass is 418 g/mol. The molecular formula is C18H12Cl2N4O2S. The van der Waals surface area contributed by atoms with Crippen molar-refractivity contribution in [2.45, 2.75) is 13.8 Å². The zero-order chi connectivity index (χ0) is 19.3. The number of benzene rings is 1. The fourth-order valence-corrected chi connectivity index (χ4v) is 3.77. The number of aromatic nitrogens is 3. The Kier molecular flexibility index (Phi) is 4.46. The van der Waals surface area contributed by atoms with Gasteiger partial charge in [-0.3, -0.25) is 19.9 Å². The van der Waals surface area contributed by atoms with Crippen LogP contribution in [0, 0.1) is 13.8 Å². The van der Waals surface area contributed by atoms with E-state index in [9.17, 15) is 9.59 Å². The van der Waals surface area contributed by atoms with Gasteiger partial charge in [-0.25, -0.2) is 4.98 Å². The highest BCUT2D eigenvalue weighted by atomic mass is 35.5. The third-order valence-electron chi connectivity index (χ3n) is 4.13. The zero-order valence-corrected chi connectivity index (χ0v) is 16.5. The molecule has 27 heavy (non-hydrogen) atoms. The van der Waals surface area contributed by atoms with Crippen LogP contribution in [-0.2, 0) is 4.79 Å². The van der Waals surface area contributed by atoms with Gasteiger partial charge in [0.25, 0.3) is 11.1 Å². The van der Waals surface area contributed by atoms with Crippen molar-refractivity contribution in [3.05, 3.63) is 50.1 Å². The molecule has 0 saturated carbocycles. The van der Waals surface area contributed by atoms with E-state index < -0.39 is 5.91 Å². The third-order valence-corrected chi connectivity index (χ3v) is 5.66. The molecule has 136 valence electrons. The van der Waals surface area contributed by atoms with Gasteiger partial charge in [-0.15, -0.1) is 0 Å². The van der Waals surface area contributed by atoms with Gasteiger partial charge in [-0.05, 0) is 55.4 Å². The van der Waals surface area contributed by atoms with Crippen LogP contribution in [0.3, 0.4) is 0 Å². The number of pyridine rings is 1. The zero-order valence-electron chi connectivity index (χ0n) is 14.2. The normalized spacial score (nSPS) is 15.8. The van der Waals surface area contributed by atoms with E-state index in [2.05, 4.69) is 20.3 Å². The first-order valence-electron chi connectivity index (χ1n) is 7.90. The first-order valence-corrected chi connectivity index (χ1v) is 9.47. The smallest absolute Gasteiger partial charge is 0.290 e. The summed E-state index contributed by atoms with van der Waals surface area (Å²) in [7, 11) is 0. The van der Waals surface area contributed by atoms with Crippen molar-refractivity contribution in [1.82, 2.24) is 20.3 Å². The van der Waals surface area contributed by atoms with Crippen LogP contribution in [0.1, 0.15) is 17.0 Å². The number of imide groups is 1. The van der Waals surface area contributed by atoms with Crippen molar-refractivity contribution >= 4 is 63.2 Å². The van der Waals surface area contributed by atoms with Crippen molar-refractivity contribution in [3.8, 4) is 11.4 Å². The van der Waals surface area contributed by atoms with E-state index in [0.29, 0.717) is 32.0 Å². The lowest BCUT2D eigenvalue weighted by molar-refractivity contribution is -0.115. The fraction of sp³-hybridized carbons (Fsp3) is 0.111. The second-order valence-corrected chi connectivity index (χ2v) is 7.87. The van der Waals surface area contributed by atoms with Gasteiger partial charge in [0.05, 0.1) is 31.7 Å². The predicted molar refractivity (Wildman–Crippen MR) is 108 cm³/mol. The van der Waals surface area contributed by atoms with Crippen LogP contribution in [-0.4, -0.2) is 26.1 Å². The van der Waals surface area contributed by atoms with E-state index in [0.717, 1.165) is 34.1 Å². The van der Waals surface area contributed by atoms with Crippen molar-refractivity contribution in [1.29, 1.82) is 0 Å². The summed E-state index contributed by atoms with van der Waals surface area (Å²) in [5, 5.41) is 2.75. The highest BCUT2D eigenvalue weighted by molar-refractivity contribution is 8.18. The SMILES string of the molecule is Cc1cc(-c2nc3cc(Cl)c(Cl)cc3[nH]2)c(C)nc1C=C1SC(=O)NC1=O. The van der Waals surface area contributed by atoms with Gasteiger partial charge in [-0.1, -0.05) is 23.2 Å². The summed E-state index contributed by atoms with van der Waals surface area (Å²) in [5.74, 6) is 0.248. The molecule has 2 N–H and O–H groups in total. The summed E-state index contributed by atoms with van der Waals surface area (Å²) in [6, 6.07) is 5.38. The number of aryl methyl sites for hydroxylation is 2. The molecule has 1 saturated heterocycles. The van der Waals surface area contributed by atoms with E-state index in [-0.39, 0.29) is 5.24 Å². The molecule has 1 fully saturated rings. The number of hydrogen-bond acceptors (Lipinski definition) is 5. The minimum absolute atomic E-state index is 0.329. The summed E-state index contributed by atoms with van der Waals surface area (Å²) >= 11 is 13.0. The number of H-pyrrole nitrogens is 1. The van der Waals surface area contributed by atoms with Crippen LogP contribution in [0.2, 0.25) is 10.0 Å². The highest BCUT2D eigenvalue weighted by Crippen LogP contribution is 2.31. The average molecular weight is 419 g/mol. The molecule has 0 spiro atoms. The van der Waals surface area contributed by atoms with E-state index in [1.165, 1.54) is 0 Å². The Hall–Kier alpha value is -2.35. The fourth-order valence-electron chi connectivity index (χ4n) is 2.79. The summed E-state index contributed by atoms with van der Waals surface area (Å²) in [6.45, 7) is 3.75. The van der Waals surface area contributed by atoms with Crippen LogP contribution in [0.25, 0.3) is 28.5 Å². The van der Waals surface area contributed by atoms with Gasteiger partial charge in [0.2, 0.25) is 0 Å². The molecule has 0 bridgehead atoms. The van der Waals surface area contributed by atoms with Crippen molar-refractivity contribution in [2.24, 2.45) is 0 Å². The topological polar surface area (TPSA) is 87.7 Å². The van der Waals surface area contributed by atoms with E-state index in [1.54, 1.807) is 18.2 Å². The Morgan fingerprint density at radius 2 is 1.81 bits per heavy atom. The van der Waals surface area contributed by atoms with Gasteiger partial charge in [0.15, 0.2) is 0 Å². The molecule has 3 heterocycles. The molecule has 0 atom stereocenters. The molecule has 6 nitrogen and oxygen atoms in total. The molecule has 0 unspecified atom stereocenters. The standard InChI is InChI=1S/C18H12Cl2N4O2S/c1-7-3-9(16-22-13-4-10(19)11(20)5-14(13)23-16)8(2)21-12(7)6-15-17(25)24-18(26)27-15/h3-6H,1-2H3,(H,22,23)(H,24,25,26). The molecule has 3 aromatic rings. The van der Waals surface area contributed by atoms with Gasteiger partial charge < -0.3 is 4.98 Å². The Bertz CT molecular complexity index is 1130. The quantitative estimate of drug-likeness (QED) is 0.579. The molecule has 2 amide bonds. The number of nitrogens with one attached hydrogen (secondary N) is 2. The number of rotatable bonds is 2. The molecule has 9 heteroatoms. The lowest BCUT2D eigenvalue weighted by Crippen LogP contribution is -2.17. The predicted octanol–water partition coefficient (Wildman–Crippen LogP) is 4.87. The molecule has 1 aliphatic rings. The molecule has 1 aromatic carbocycles. The number of fused-ring (bicyclic) bond motifs is 1. The van der Waals surface area contributed by atoms with Crippen LogP contribution in [0.4, 0.5) is 4.79 Å². The van der Waals surface area contributed by atoms with Crippen molar-refractivity contribution < 1.29 is 9.59 Å². The van der Waals surface area contributed by atoms with E-state index in [4.69, 9.17) is 23.2 Å². The second-order valence-electron chi connectivity index (χ2n) is 6.04. The maximum absolute atomic E-state index is 11.7. The number of imidazole rings is 1. The van der Waals surface area contributed by atoms with Crippen molar-refractivity contribution in [2.75, 3.05) is 0 Å². The number of thioether (sulfide) groups is 1. The minimum Gasteiger partial charge on any atom is -0.338 e. The van der Waals surface area contributed by atoms with Crippen LogP contribution >= 0.6 is 35.0 Å². The third kappa shape index (κ3) is 3.34. The average Bonchev–Trinajstić information content (AvgIpc) is 3.13. The second kappa shape index (κ2) is 6.67. The molecule has 4 rings (SSSR count). The summed E-state index contributed by atoms with van der Waals surface area (Å²) < 4.78 is 0. The summed E-state index contributed by atoms with van der Waals surface area (Å²) in [4.78, 5) is 35.8. The molecule has 2 aromatic heterocycles. The first-order chi connectivity index (χ1) is 12.8. The Balaban J connectivity index is 1.77. The molecular weight excluding hydrogens is 407 g/mol. The maximum Gasteiger partial charge on any atom is 0.290 e.